The number of rotatable bonds is 4. The van der Waals surface area contributed by atoms with Crippen LogP contribution in [0.3, 0.4) is 0 Å². The largest absolute Gasteiger partial charge is 0.475 e. The zero-order chi connectivity index (χ0) is 14.0. The van der Waals surface area contributed by atoms with Crippen LogP contribution >= 0.6 is 11.6 Å². The summed E-state index contributed by atoms with van der Waals surface area (Å²) in [6.45, 7) is 0. The molecule has 0 unspecified atom stereocenters. The normalized spacial score (nSPS) is 11.2. The lowest BCUT2D eigenvalue weighted by Crippen LogP contribution is -2.13. The third kappa shape index (κ3) is 3.04. The number of aromatic nitrogens is 1. The van der Waals surface area contributed by atoms with Gasteiger partial charge in [-0.3, -0.25) is 4.72 Å². The summed E-state index contributed by atoms with van der Waals surface area (Å²) in [7, 11) is -4.04. The van der Waals surface area contributed by atoms with Crippen LogP contribution in [0.1, 0.15) is 10.6 Å². The summed E-state index contributed by atoms with van der Waals surface area (Å²) >= 11 is 5.62. The first-order valence-corrected chi connectivity index (χ1v) is 6.73. The van der Waals surface area contributed by atoms with E-state index in [-0.39, 0.29) is 11.0 Å². The molecule has 0 fully saturated rings. The average Bonchev–Trinajstić information content (AvgIpc) is 2.78. The van der Waals surface area contributed by atoms with E-state index in [9.17, 15) is 13.2 Å². The van der Waals surface area contributed by atoms with E-state index in [2.05, 4.69) is 9.71 Å². The molecular weight excluding hydrogens is 296 g/mol. The predicted molar refractivity (Wildman–Crippen MR) is 65.7 cm³/mol. The van der Waals surface area contributed by atoms with E-state index in [1.54, 1.807) is 0 Å². The molecule has 0 saturated carbocycles. The van der Waals surface area contributed by atoms with Crippen molar-refractivity contribution >= 4 is 33.4 Å². The number of pyridine rings is 1. The molecule has 0 aliphatic carbocycles. The highest BCUT2D eigenvalue weighted by molar-refractivity contribution is 7.92. The van der Waals surface area contributed by atoms with E-state index < -0.39 is 26.8 Å². The summed E-state index contributed by atoms with van der Waals surface area (Å²) in [5, 5.41) is 8.25. The summed E-state index contributed by atoms with van der Waals surface area (Å²) < 4.78 is 30.6. The molecule has 0 atom stereocenters. The van der Waals surface area contributed by atoms with Crippen LogP contribution < -0.4 is 4.72 Å². The van der Waals surface area contributed by atoms with Crippen molar-refractivity contribution in [3.8, 4) is 0 Å². The standard InChI is InChI=1S/C10H7ClN2O5S/c11-7-2-1-3-8(12-7)13-19(16,17)9-5-4-6(18-9)10(14)15/h1-5H,(H,12,13)(H,14,15). The smallest absolute Gasteiger partial charge is 0.371 e. The summed E-state index contributed by atoms with van der Waals surface area (Å²) in [5.41, 5.74) is 0. The SMILES string of the molecule is O=C(O)c1ccc(S(=O)(=O)Nc2cccc(Cl)n2)o1. The number of furan rings is 1. The van der Waals surface area contributed by atoms with Gasteiger partial charge in [0, 0.05) is 0 Å². The lowest BCUT2D eigenvalue weighted by molar-refractivity contribution is 0.0656. The zero-order valence-electron chi connectivity index (χ0n) is 9.20. The molecule has 2 heterocycles. The number of nitrogens with one attached hydrogen (secondary N) is 1. The Kier molecular flexibility index (Phi) is 3.45. The van der Waals surface area contributed by atoms with Gasteiger partial charge in [-0.1, -0.05) is 17.7 Å². The minimum Gasteiger partial charge on any atom is -0.475 e. The Morgan fingerprint density at radius 1 is 1.32 bits per heavy atom. The van der Waals surface area contributed by atoms with Gasteiger partial charge in [-0.05, 0) is 24.3 Å². The highest BCUT2D eigenvalue weighted by atomic mass is 35.5. The van der Waals surface area contributed by atoms with Crippen molar-refractivity contribution < 1.29 is 22.7 Å². The topological polar surface area (TPSA) is 110 Å². The quantitative estimate of drug-likeness (QED) is 0.834. The highest BCUT2D eigenvalue weighted by Crippen LogP contribution is 2.18. The van der Waals surface area contributed by atoms with Gasteiger partial charge in [0.05, 0.1) is 0 Å². The number of aromatic carboxylic acids is 1. The molecule has 2 rings (SSSR count). The number of carbonyl (C=O) groups is 1. The summed E-state index contributed by atoms with van der Waals surface area (Å²) in [6, 6.07) is 6.47. The summed E-state index contributed by atoms with van der Waals surface area (Å²) in [6.07, 6.45) is 0. The number of hydrogen-bond acceptors (Lipinski definition) is 5. The van der Waals surface area contributed by atoms with Gasteiger partial charge < -0.3 is 9.52 Å². The molecule has 100 valence electrons. The lowest BCUT2D eigenvalue weighted by Gasteiger charge is -2.04. The van der Waals surface area contributed by atoms with Gasteiger partial charge in [0.2, 0.25) is 10.9 Å². The number of anilines is 1. The van der Waals surface area contributed by atoms with E-state index in [1.165, 1.54) is 18.2 Å². The Bertz CT molecular complexity index is 725. The van der Waals surface area contributed by atoms with Crippen LogP contribution in [0, 0.1) is 0 Å². The Balaban J connectivity index is 2.29. The van der Waals surface area contributed by atoms with Crippen molar-refractivity contribution in [1.82, 2.24) is 4.98 Å². The molecule has 0 bridgehead atoms. The number of carboxylic acids is 1. The molecule has 0 radical (unpaired) electrons. The van der Waals surface area contributed by atoms with E-state index in [1.807, 2.05) is 0 Å². The van der Waals surface area contributed by atoms with Crippen LogP contribution in [0.25, 0.3) is 0 Å². The van der Waals surface area contributed by atoms with Gasteiger partial charge in [0.1, 0.15) is 11.0 Å². The van der Waals surface area contributed by atoms with Crippen molar-refractivity contribution in [3.05, 3.63) is 41.2 Å². The Labute approximate surface area is 112 Å². The van der Waals surface area contributed by atoms with Gasteiger partial charge in [0.15, 0.2) is 0 Å². The number of nitrogens with zero attached hydrogens (tertiary/aromatic N) is 1. The third-order valence-corrected chi connectivity index (χ3v) is 3.45. The molecule has 0 saturated heterocycles. The van der Waals surface area contributed by atoms with E-state index in [4.69, 9.17) is 21.1 Å². The number of carboxylic acid groups (broad SMARTS) is 1. The minimum absolute atomic E-state index is 0.000718. The second-order valence-electron chi connectivity index (χ2n) is 3.37. The van der Waals surface area contributed by atoms with E-state index >= 15 is 0 Å². The number of sulfonamides is 1. The van der Waals surface area contributed by atoms with Crippen molar-refractivity contribution in [2.75, 3.05) is 4.72 Å². The molecule has 0 aliphatic heterocycles. The molecule has 0 aliphatic rings. The van der Waals surface area contributed by atoms with Crippen LogP contribution in [0.15, 0.2) is 39.8 Å². The molecule has 2 N–H and O–H groups in total. The van der Waals surface area contributed by atoms with Crippen molar-refractivity contribution in [2.24, 2.45) is 0 Å². The molecule has 7 nitrogen and oxygen atoms in total. The lowest BCUT2D eigenvalue weighted by atomic mass is 10.5. The molecule has 19 heavy (non-hydrogen) atoms. The van der Waals surface area contributed by atoms with Gasteiger partial charge >= 0.3 is 5.97 Å². The molecule has 0 aromatic carbocycles. The predicted octanol–water partition coefficient (Wildman–Crippen LogP) is 1.83. The molecular formula is C10H7ClN2O5S. The van der Waals surface area contributed by atoms with Crippen LogP contribution in [-0.2, 0) is 10.0 Å². The number of halogens is 1. The average molecular weight is 303 g/mol. The van der Waals surface area contributed by atoms with Crippen LogP contribution in [-0.4, -0.2) is 24.5 Å². The van der Waals surface area contributed by atoms with Crippen LogP contribution in [0.5, 0.6) is 0 Å². The van der Waals surface area contributed by atoms with E-state index in [0.717, 1.165) is 12.1 Å². The van der Waals surface area contributed by atoms with Gasteiger partial charge in [0.25, 0.3) is 10.0 Å². The van der Waals surface area contributed by atoms with Gasteiger partial charge in [-0.25, -0.2) is 9.78 Å². The Morgan fingerprint density at radius 3 is 2.63 bits per heavy atom. The van der Waals surface area contributed by atoms with Crippen molar-refractivity contribution in [3.63, 3.8) is 0 Å². The number of hydrogen-bond donors (Lipinski definition) is 2. The maximum atomic E-state index is 11.9. The fraction of sp³-hybridized carbons (Fsp3) is 0. The molecule has 2 aromatic heterocycles. The maximum absolute atomic E-state index is 11.9. The highest BCUT2D eigenvalue weighted by Gasteiger charge is 2.21. The van der Waals surface area contributed by atoms with Crippen molar-refractivity contribution in [1.29, 1.82) is 0 Å². The Morgan fingerprint density at radius 2 is 2.05 bits per heavy atom. The Hall–Kier alpha value is -2.06. The maximum Gasteiger partial charge on any atom is 0.371 e. The third-order valence-electron chi connectivity index (χ3n) is 2.01. The monoisotopic (exact) mass is 302 g/mol. The minimum atomic E-state index is -4.04. The van der Waals surface area contributed by atoms with Gasteiger partial charge in [-0.15, -0.1) is 0 Å². The second kappa shape index (κ2) is 4.90. The second-order valence-corrected chi connectivity index (χ2v) is 5.38. The fourth-order valence-corrected chi connectivity index (χ4v) is 2.33. The first-order valence-electron chi connectivity index (χ1n) is 4.87. The summed E-state index contributed by atoms with van der Waals surface area (Å²) in [4.78, 5) is 14.3. The van der Waals surface area contributed by atoms with Crippen molar-refractivity contribution in [2.45, 2.75) is 5.09 Å². The van der Waals surface area contributed by atoms with Crippen LogP contribution in [0.2, 0.25) is 5.15 Å². The first-order chi connectivity index (χ1) is 8.88. The van der Waals surface area contributed by atoms with Gasteiger partial charge in [-0.2, -0.15) is 8.42 Å². The van der Waals surface area contributed by atoms with E-state index in [0.29, 0.717) is 0 Å². The molecule has 2 aromatic rings. The molecule has 0 spiro atoms. The fourth-order valence-electron chi connectivity index (χ4n) is 1.23. The zero-order valence-corrected chi connectivity index (χ0v) is 10.8. The molecule has 0 amide bonds. The first kappa shape index (κ1) is 13.4. The molecule has 9 heteroatoms. The van der Waals surface area contributed by atoms with Crippen LogP contribution in [0.4, 0.5) is 5.82 Å². The summed E-state index contributed by atoms with van der Waals surface area (Å²) in [5.74, 6) is -1.83.